The summed E-state index contributed by atoms with van der Waals surface area (Å²) < 4.78 is 49.4. The van der Waals surface area contributed by atoms with Gasteiger partial charge in [-0.3, -0.25) is 18.9 Å². The second kappa shape index (κ2) is 18.3. The average molecular weight is 577 g/mol. The Morgan fingerprint density at radius 3 is 2.53 bits per heavy atom. The SMILES string of the molecule is C=CCOCC(OC(/C=C/P(=O)(OC)OC)COP(OCCC#N)N(CC)C(C)C)n1ccc(=O)[nH]c1=O. The Kier molecular flexibility index (Phi) is 16.4. The first-order valence-electron chi connectivity index (χ1n) is 11.9. The average Bonchev–Trinajstić information content (AvgIpc) is 2.89. The van der Waals surface area contributed by atoms with Gasteiger partial charge in [-0.05, 0) is 19.9 Å². The standard InChI is InChI=1S/C23H38N4O9P2/c1-7-14-33-18-22(26-13-10-21(28)25-23(26)29)36-20(11-16-38(30,31-5)32-6)17-35-37(34-15-9-12-24)27(8-2)19(3)4/h7,10-11,13,16,19-20,22H,1,8-9,14-15,17-18H2,2-6H3,(H,25,28,29)/b16-11+. The molecule has 13 nitrogen and oxygen atoms in total. The van der Waals surface area contributed by atoms with Crippen molar-refractivity contribution in [3.8, 4) is 6.07 Å². The summed E-state index contributed by atoms with van der Waals surface area (Å²) in [6.45, 7) is 10.4. The molecule has 0 aliphatic heterocycles. The summed E-state index contributed by atoms with van der Waals surface area (Å²) in [5, 5.41) is 8.91. The van der Waals surface area contributed by atoms with Gasteiger partial charge >= 0.3 is 13.3 Å². The van der Waals surface area contributed by atoms with E-state index in [1.807, 2.05) is 31.5 Å². The normalized spacial score (nSPS) is 14.6. The van der Waals surface area contributed by atoms with Crippen LogP contribution in [0.15, 0.2) is 46.4 Å². The molecule has 0 aromatic carbocycles. The van der Waals surface area contributed by atoms with Gasteiger partial charge in [0, 0.05) is 44.9 Å². The van der Waals surface area contributed by atoms with Crippen LogP contribution in [0.2, 0.25) is 0 Å². The Labute approximate surface area is 224 Å². The molecule has 0 saturated carbocycles. The van der Waals surface area contributed by atoms with Gasteiger partial charge in [0.15, 0.2) is 6.23 Å². The summed E-state index contributed by atoms with van der Waals surface area (Å²) in [6, 6.07) is 3.31. The lowest BCUT2D eigenvalue weighted by molar-refractivity contribution is -0.0898. The highest BCUT2D eigenvalue weighted by molar-refractivity contribution is 7.57. The number of ether oxygens (including phenoxy) is 2. The summed E-state index contributed by atoms with van der Waals surface area (Å²) in [6.07, 6.45) is 2.58. The molecule has 3 unspecified atom stereocenters. The number of aromatic nitrogens is 2. The molecule has 1 rings (SSSR count). The van der Waals surface area contributed by atoms with Crippen LogP contribution in [0.3, 0.4) is 0 Å². The molecule has 1 heterocycles. The zero-order chi connectivity index (χ0) is 28.6. The molecule has 15 heteroatoms. The lowest BCUT2D eigenvalue weighted by Gasteiger charge is -2.32. The Morgan fingerprint density at radius 2 is 1.97 bits per heavy atom. The number of aromatic amines is 1. The molecule has 0 saturated heterocycles. The van der Waals surface area contributed by atoms with Crippen LogP contribution in [0.1, 0.15) is 33.4 Å². The monoisotopic (exact) mass is 576 g/mol. The zero-order valence-corrected chi connectivity index (χ0v) is 24.3. The van der Waals surface area contributed by atoms with E-state index in [4.69, 9.17) is 32.8 Å². The van der Waals surface area contributed by atoms with Crippen LogP contribution in [0.4, 0.5) is 0 Å². The second-order valence-electron chi connectivity index (χ2n) is 7.84. The lowest BCUT2D eigenvalue weighted by Crippen LogP contribution is -2.37. The fraction of sp³-hybridized carbons (Fsp3) is 0.609. The van der Waals surface area contributed by atoms with Crippen molar-refractivity contribution in [3.05, 3.63) is 57.6 Å². The van der Waals surface area contributed by atoms with Gasteiger partial charge in [0.2, 0.25) is 0 Å². The Morgan fingerprint density at radius 1 is 1.26 bits per heavy atom. The van der Waals surface area contributed by atoms with Crippen LogP contribution in [0, 0.1) is 11.3 Å². The molecule has 1 N–H and O–H groups in total. The summed E-state index contributed by atoms with van der Waals surface area (Å²) in [4.78, 5) is 26.3. The molecule has 0 bridgehead atoms. The highest BCUT2D eigenvalue weighted by Gasteiger charge is 2.27. The maximum Gasteiger partial charge on any atom is 0.353 e. The molecule has 0 spiro atoms. The van der Waals surface area contributed by atoms with E-state index in [-0.39, 0.29) is 38.9 Å². The van der Waals surface area contributed by atoms with E-state index in [1.165, 1.54) is 44.5 Å². The third-order valence-corrected chi connectivity index (χ3v) is 8.37. The van der Waals surface area contributed by atoms with Crippen LogP contribution in [-0.2, 0) is 32.1 Å². The Balaban J connectivity index is 3.32. The third-order valence-electron chi connectivity index (χ3n) is 4.88. The summed E-state index contributed by atoms with van der Waals surface area (Å²) in [5.41, 5.74) is -1.27. The first-order valence-corrected chi connectivity index (χ1v) is 14.6. The number of H-pyrrole nitrogens is 1. The van der Waals surface area contributed by atoms with E-state index in [9.17, 15) is 14.2 Å². The van der Waals surface area contributed by atoms with E-state index in [1.54, 1.807) is 0 Å². The molecular weight excluding hydrogens is 538 g/mol. The van der Waals surface area contributed by atoms with E-state index >= 15 is 0 Å². The van der Waals surface area contributed by atoms with Crippen molar-refractivity contribution in [1.29, 1.82) is 5.26 Å². The van der Waals surface area contributed by atoms with Crippen molar-refractivity contribution in [2.24, 2.45) is 0 Å². The van der Waals surface area contributed by atoms with Gasteiger partial charge in [-0.1, -0.05) is 13.0 Å². The Bertz CT molecular complexity index is 1060. The van der Waals surface area contributed by atoms with Gasteiger partial charge in [0.05, 0.1) is 38.9 Å². The summed E-state index contributed by atoms with van der Waals surface area (Å²) >= 11 is 0. The molecule has 38 heavy (non-hydrogen) atoms. The molecule has 0 amide bonds. The topological polar surface area (TPSA) is 154 Å². The fourth-order valence-electron chi connectivity index (χ4n) is 2.99. The lowest BCUT2D eigenvalue weighted by atomic mass is 10.3. The van der Waals surface area contributed by atoms with Gasteiger partial charge in [-0.25, -0.2) is 9.46 Å². The second-order valence-corrected chi connectivity index (χ2v) is 11.5. The fourth-order valence-corrected chi connectivity index (χ4v) is 5.29. The molecule has 0 fully saturated rings. The molecule has 214 valence electrons. The van der Waals surface area contributed by atoms with Crippen LogP contribution >= 0.6 is 16.1 Å². The summed E-state index contributed by atoms with van der Waals surface area (Å²) in [5.74, 6) is 1.23. The van der Waals surface area contributed by atoms with Gasteiger partial charge in [0.25, 0.3) is 14.1 Å². The van der Waals surface area contributed by atoms with Gasteiger partial charge in [-0.15, -0.1) is 6.58 Å². The molecule has 0 aliphatic carbocycles. The third kappa shape index (κ3) is 11.8. The number of rotatable bonds is 20. The first-order chi connectivity index (χ1) is 18.1. The maximum absolute atomic E-state index is 12.7. The Hall–Kier alpha value is -1.97. The summed E-state index contributed by atoms with van der Waals surface area (Å²) in [7, 11) is -2.64. The van der Waals surface area contributed by atoms with Crippen LogP contribution in [0.25, 0.3) is 0 Å². The van der Waals surface area contributed by atoms with Crippen molar-refractivity contribution in [2.45, 2.75) is 45.6 Å². The van der Waals surface area contributed by atoms with Gasteiger partial charge in [-0.2, -0.15) is 5.26 Å². The number of hydrogen-bond acceptors (Lipinski definition) is 11. The molecule has 3 atom stereocenters. The quantitative estimate of drug-likeness (QED) is 0.138. The minimum Gasteiger partial charge on any atom is -0.373 e. The first kappa shape index (κ1) is 34.1. The van der Waals surface area contributed by atoms with Crippen LogP contribution in [-0.4, -0.2) is 73.6 Å². The van der Waals surface area contributed by atoms with Crippen molar-refractivity contribution in [2.75, 3.05) is 47.2 Å². The predicted octanol–water partition coefficient (Wildman–Crippen LogP) is 3.53. The van der Waals surface area contributed by atoms with Crippen molar-refractivity contribution >= 4 is 16.1 Å². The molecule has 1 aromatic rings. The zero-order valence-electron chi connectivity index (χ0n) is 22.5. The smallest absolute Gasteiger partial charge is 0.353 e. The highest BCUT2D eigenvalue weighted by atomic mass is 31.2. The molecule has 0 radical (unpaired) electrons. The number of nitrogens with one attached hydrogen (secondary N) is 1. The molecular formula is C23H38N4O9P2. The van der Waals surface area contributed by atoms with Crippen molar-refractivity contribution < 1.29 is 32.1 Å². The van der Waals surface area contributed by atoms with Gasteiger partial charge < -0.3 is 27.6 Å². The van der Waals surface area contributed by atoms with Crippen LogP contribution in [0.5, 0.6) is 0 Å². The molecule has 1 aromatic heterocycles. The number of hydrogen-bond donors (Lipinski definition) is 1. The largest absolute Gasteiger partial charge is 0.373 e. The number of nitriles is 1. The van der Waals surface area contributed by atoms with Crippen molar-refractivity contribution in [1.82, 2.24) is 14.2 Å². The highest BCUT2D eigenvalue weighted by Crippen LogP contribution is 2.48. The van der Waals surface area contributed by atoms with Crippen molar-refractivity contribution in [3.63, 3.8) is 0 Å². The van der Waals surface area contributed by atoms with Gasteiger partial charge in [0.1, 0.15) is 6.10 Å². The van der Waals surface area contributed by atoms with E-state index < -0.39 is 39.7 Å². The van der Waals surface area contributed by atoms with E-state index in [2.05, 4.69) is 11.6 Å². The minimum absolute atomic E-state index is 0.0744. The van der Waals surface area contributed by atoms with E-state index in [0.29, 0.717) is 6.54 Å². The van der Waals surface area contributed by atoms with Crippen LogP contribution < -0.4 is 11.2 Å². The number of nitrogens with zero attached hydrogens (tertiary/aromatic N) is 3. The maximum atomic E-state index is 12.7. The molecule has 0 aliphatic rings. The minimum atomic E-state index is -3.55. The van der Waals surface area contributed by atoms with E-state index in [0.717, 1.165) is 4.57 Å². The predicted molar refractivity (Wildman–Crippen MR) is 144 cm³/mol.